The molecule has 0 aliphatic heterocycles. The van der Waals surface area contributed by atoms with Crippen molar-refractivity contribution < 1.29 is 5.11 Å². The van der Waals surface area contributed by atoms with Gasteiger partial charge in [-0.15, -0.1) is 0 Å². The molecular formula is C7H15NO. The van der Waals surface area contributed by atoms with Gasteiger partial charge in [-0.3, -0.25) is 0 Å². The summed E-state index contributed by atoms with van der Waals surface area (Å²) in [4.78, 5) is 0. The number of allylic oxidation sites excluding steroid dienone is 1. The van der Waals surface area contributed by atoms with Gasteiger partial charge in [0.2, 0.25) is 0 Å². The predicted molar refractivity (Wildman–Crippen MR) is 39.2 cm³/mol. The Morgan fingerprint density at radius 3 is 2.11 bits per heavy atom. The van der Waals surface area contributed by atoms with Crippen LogP contribution in [0.3, 0.4) is 0 Å². The van der Waals surface area contributed by atoms with Crippen LogP contribution in [0.25, 0.3) is 0 Å². The third-order valence-electron chi connectivity index (χ3n) is 1.36. The number of hydrogen-bond acceptors (Lipinski definition) is 2. The monoisotopic (exact) mass is 129 g/mol. The van der Waals surface area contributed by atoms with Gasteiger partial charge in [0, 0.05) is 0 Å². The van der Waals surface area contributed by atoms with Crippen molar-refractivity contribution in [2.75, 3.05) is 0 Å². The maximum Gasteiger partial charge on any atom is 0.105 e. The third-order valence-corrected chi connectivity index (χ3v) is 1.36. The maximum atomic E-state index is 9.03. The fourth-order valence-corrected chi connectivity index (χ4v) is 0.534. The van der Waals surface area contributed by atoms with E-state index in [2.05, 4.69) is 0 Å². The van der Waals surface area contributed by atoms with Gasteiger partial charge < -0.3 is 10.8 Å². The van der Waals surface area contributed by atoms with Gasteiger partial charge in [0.1, 0.15) is 5.76 Å². The lowest BCUT2D eigenvalue weighted by molar-refractivity contribution is 0.332. The van der Waals surface area contributed by atoms with Crippen LogP contribution in [0.15, 0.2) is 11.8 Å². The molecule has 0 saturated carbocycles. The van der Waals surface area contributed by atoms with Crippen LogP contribution in [0.4, 0.5) is 0 Å². The van der Waals surface area contributed by atoms with E-state index in [-0.39, 0.29) is 11.8 Å². The van der Waals surface area contributed by atoms with Crippen LogP contribution in [-0.4, -0.2) is 11.1 Å². The normalized spacial score (nSPS) is 16.3. The molecule has 9 heavy (non-hydrogen) atoms. The number of hydrogen-bond donors (Lipinski definition) is 2. The fourth-order valence-electron chi connectivity index (χ4n) is 0.534. The summed E-state index contributed by atoms with van der Waals surface area (Å²) in [6.45, 7) is 5.73. The smallest absolute Gasteiger partial charge is 0.105 e. The first kappa shape index (κ1) is 8.50. The first-order valence-corrected chi connectivity index (χ1v) is 3.20. The van der Waals surface area contributed by atoms with E-state index in [1.165, 1.54) is 0 Å². The minimum atomic E-state index is -0.199. The van der Waals surface area contributed by atoms with Crippen LogP contribution in [0.1, 0.15) is 20.8 Å². The molecule has 0 aromatic rings. The van der Waals surface area contributed by atoms with Gasteiger partial charge >= 0.3 is 0 Å². The predicted octanol–water partition coefficient (Wildman–Crippen LogP) is 1.43. The number of nitrogens with two attached hydrogens (primary N) is 1. The minimum absolute atomic E-state index is 0.199. The molecule has 0 spiro atoms. The summed E-state index contributed by atoms with van der Waals surface area (Å²) < 4.78 is 0. The van der Waals surface area contributed by atoms with Crippen molar-refractivity contribution in [2.45, 2.75) is 26.8 Å². The van der Waals surface area contributed by atoms with Gasteiger partial charge in [-0.05, 0) is 18.9 Å². The lowest BCUT2D eigenvalue weighted by Crippen LogP contribution is -2.28. The second-order valence-corrected chi connectivity index (χ2v) is 2.48. The Labute approximate surface area is 56.4 Å². The molecule has 0 rings (SSSR count). The second-order valence-electron chi connectivity index (χ2n) is 2.48. The molecule has 3 N–H and O–H groups in total. The first-order valence-electron chi connectivity index (χ1n) is 3.20. The molecule has 0 radical (unpaired) electrons. The Morgan fingerprint density at radius 1 is 1.56 bits per heavy atom. The summed E-state index contributed by atoms with van der Waals surface area (Å²) in [7, 11) is 0. The van der Waals surface area contributed by atoms with E-state index in [4.69, 9.17) is 10.8 Å². The second kappa shape index (κ2) is 3.51. The molecule has 2 nitrogen and oxygen atoms in total. The topological polar surface area (TPSA) is 46.2 Å². The van der Waals surface area contributed by atoms with Gasteiger partial charge in [-0.25, -0.2) is 0 Å². The molecule has 54 valence electrons. The third kappa shape index (κ3) is 2.51. The van der Waals surface area contributed by atoms with Crippen molar-refractivity contribution in [3.8, 4) is 0 Å². The van der Waals surface area contributed by atoms with Gasteiger partial charge in [-0.1, -0.05) is 13.8 Å². The van der Waals surface area contributed by atoms with Crippen LogP contribution in [-0.2, 0) is 0 Å². The molecule has 0 aromatic carbocycles. The van der Waals surface area contributed by atoms with Crippen molar-refractivity contribution in [1.29, 1.82) is 0 Å². The molecule has 0 heterocycles. The number of rotatable bonds is 2. The molecule has 0 fully saturated rings. The molecule has 0 aliphatic rings. The zero-order valence-corrected chi connectivity index (χ0v) is 6.26. The van der Waals surface area contributed by atoms with Crippen LogP contribution < -0.4 is 5.73 Å². The van der Waals surface area contributed by atoms with Gasteiger partial charge in [0.25, 0.3) is 0 Å². The molecule has 0 aliphatic carbocycles. The zero-order chi connectivity index (χ0) is 7.44. The van der Waals surface area contributed by atoms with Gasteiger partial charge in [0.15, 0.2) is 0 Å². The van der Waals surface area contributed by atoms with Crippen molar-refractivity contribution in [3.63, 3.8) is 0 Å². The van der Waals surface area contributed by atoms with E-state index < -0.39 is 0 Å². The van der Waals surface area contributed by atoms with Crippen LogP contribution >= 0.6 is 0 Å². The molecule has 2 heteroatoms. The average Bonchev–Trinajstić information content (AvgIpc) is 1.84. The Balaban J connectivity index is 3.88. The molecule has 0 saturated heterocycles. The van der Waals surface area contributed by atoms with E-state index in [1.807, 2.05) is 13.8 Å². The summed E-state index contributed by atoms with van der Waals surface area (Å²) in [5.74, 6) is 0.589. The molecule has 0 amide bonds. The maximum absolute atomic E-state index is 9.03. The van der Waals surface area contributed by atoms with Gasteiger partial charge in [0.05, 0.1) is 6.04 Å². The summed E-state index contributed by atoms with van der Waals surface area (Å²) in [6, 6.07) is -0.199. The zero-order valence-electron chi connectivity index (χ0n) is 6.26. The van der Waals surface area contributed by atoms with Crippen molar-refractivity contribution >= 4 is 0 Å². The highest BCUT2D eigenvalue weighted by atomic mass is 16.3. The summed E-state index contributed by atoms with van der Waals surface area (Å²) in [5.41, 5.74) is 5.55. The minimum Gasteiger partial charge on any atom is -0.511 e. The highest BCUT2D eigenvalue weighted by Crippen LogP contribution is 2.05. The highest BCUT2D eigenvalue weighted by Gasteiger charge is 2.09. The molecule has 0 aromatic heterocycles. The van der Waals surface area contributed by atoms with Crippen molar-refractivity contribution in [1.82, 2.24) is 0 Å². The summed E-state index contributed by atoms with van der Waals surface area (Å²) in [6.07, 6.45) is 1.63. The van der Waals surface area contributed by atoms with Crippen molar-refractivity contribution in [3.05, 3.63) is 11.8 Å². The Bertz CT molecular complexity index is 107. The lowest BCUT2D eigenvalue weighted by Gasteiger charge is -2.13. The highest BCUT2D eigenvalue weighted by molar-refractivity contribution is 4.99. The fraction of sp³-hybridized carbons (Fsp3) is 0.714. The van der Waals surface area contributed by atoms with E-state index in [1.54, 1.807) is 13.0 Å². The Kier molecular flexibility index (Phi) is 3.32. The van der Waals surface area contributed by atoms with Crippen molar-refractivity contribution in [2.24, 2.45) is 11.7 Å². The quantitative estimate of drug-likeness (QED) is 0.554. The van der Waals surface area contributed by atoms with Gasteiger partial charge in [-0.2, -0.15) is 0 Å². The van der Waals surface area contributed by atoms with Crippen LogP contribution in [0.5, 0.6) is 0 Å². The number of aliphatic hydroxyl groups is 1. The first-order chi connectivity index (χ1) is 4.09. The summed E-state index contributed by atoms with van der Waals surface area (Å²) >= 11 is 0. The standard InChI is InChI=1S/C7H15NO/c1-4-6(9)7(8)5(2)3/h4-5,7,9H,8H2,1-3H3/t7-/m0/s1. The van der Waals surface area contributed by atoms with E-state index >= 15 is 0 Å². The Hall–Kier alpha value is -0.500. The molecule has 1 atom stereocenters. The van der Waals surface area contributed by atoms with E-state index in [0.717, 1.165) is 0 Å². The molecular weight excluding hydrogens is 114 g/mol. The largest absolute Gasteiger partial charge is 0.511 e. The average molecular weight is 129 g/mol. The summed E-state index contributed by atoms with van der Waals surface area (Å²) in [5, 5.41) is 9.03. The Morgan fingerprint density at radius 2 is 2.00 bits per heavy atom. The lowest BCUT2D eigenvalue weighted by atomic mass is 10.0. The SMILES string of the molecule is CC=C(O)[C@@H](N)C(C)C. The van der Waals surface area contributed by atoms with E-state index in [0.29, 0.717) is 5.92 Å². The van der Waals surface area contributed by atoms with Crippen LogP contribution in [0.2, 0.25) is 0 Å². The van der Waals surface area contributed by atoms with E-state index in [9.17, 15) is 0 Å². The molecule has 0 unspecified atom stereocenters. The number of aliphatic hydroxyl groups excluding tert-OH is 1. The molecule has 0 bridgehead atoms. The van der Waals surface area contributed by atoms with Crippen LogP contribution in [0, 0.1) is 5.92 Å².